The highest BCUT2D eigenvalue weighted by atomic mass is 16.5. The normalized spacial score (nSPS) is 43.3. The minimum absolute atomic E-state index is 0.0597. The number of aliphatic hydroxyl groups is 1. The number of hydrogen-bond donors (Lipinski definition) is 2. The second kappa shape index (κ2) is 8.08. The fourth-order valence-corrected chi connectivity index (χ4v) is 7.42. The number of esters is 1. The molecule has 0 saturated heterocycles. The molecule has 4 rings (SSSR count). The first-order chi connectivity index (χ1) is 16.5. The summed E-state index contributed by atoms with van der Waals surface area (Å²) in [5, 5.41) is 20.6. The van der Waals surface area contributed by atoms with E-state index in [9.17, 15) is 24.3 Å². The fourth-order valence-electron chi connectivity index (χ4n) is 7.42. The van der Waals surface area contributed by atoms with Gasteiger partial charge >= 0.3 is 11.9 Å². The van der Waals surface area contributed by atoms with Crippen molar-refractivity contribution in [3.63, 3.8) is 0 Å². The molecule has 0 bridgehead atoms. The quantitative estimate of drug-likeness (QED) is 0.597. The van der Waals surface area contributed by atoms with E-state index in [-0.39, 0.29) is 29.5 Å². The lowest BCUT2D eigenvalue weighted by Crippen LogP contribution is -2.58. The maximum atomic E-state index is 13.2. The number of Topliss-reactive ketones (excluding diaryl/α,β-unsaturated/α-hetero) is 1. The Hall–Kier alpha value is -2.02. The van der Waals surface area contributed by atoms with Crippen LogP contribution in [0.3, 0.4) is 0 Å². The van der Waals surface area contributed by atoms with Crippen LogP contribution < -0.4 is 0 Å². The molecule has 176 valence electrons. The molecule has 0 aromatic carbocycles. The van der Waals surface area contributed by atoms with E-state index in [1.807, 2.05) is 13.0 Å². The van der Waals surface area contributed by atoms with E-state index in [2.05, 4.69) is 6.92 Å². The predicted octanol–water partition coefficient (Wildman–Crippen LogP) is 3.23. The summed E-state index contributed by atoms with van der Waals surface area (Å²) in [7, 11) is 0. The van der Waals surface area contributed by atoms with Crippen LogP contribution in [-0.2, 0) is 23.9 Å². The number of carbonyl (C=O) groups excluding carboxylic acids is 3. The van der Waals surface area contributed by atoms with Gasteiger partial charge in [0.1, 0.15) is 5.60 Å². The smallest absolute Gasteiger partial charge is 0.306 e. The highest BCUT2D eigenvalue weighted by molar-refractivity contribution is 5.92. The van der Waals surface area contributed by atoms with Crippen LogP contribution in [0.4, 0.5) is 0 Å². The fraction of sp³-hybridized carbons (Fsp3) is 0.760. The van der Waals surface area contributed by atoms with E-state index < -0.39 is 48.1 Å². The van der Waals surface area contributed by atoms with E-state index in [1.165, 1.54) is 5.57 Å². The Labute approximate surface area is 194 Å². The number of allylic oxidation sites excluding steroid dienone is 1. The van der Waals surface area contributed by atoms with E-state index in [0.29, 0.717) is 25.2 Å². The van der Waals surface area contributed by atoms with Gasteiger partial charge in [-0.15, -0.1) is 0 Å². The van der Waals surface area contributed by atoms with Crippen molar-refractivity contribution in [2.75, 3.05) is 6.61 Å². The van der Waals surface area contributed by atoms with Crippen molar-refractivity contribution in [1.29, 1.82) is 0 Å². The lowest BCUT2D eigenvalue weighted by Gasteiger charge is -2.58. The molecular formula is C25H34O7. The molecule has 0 unspecified atom stereocenters. The number of fused-ring (bicyclic) bond motifs is 5. The number of carbonyl (C=O) groups is 4. The maximum absolute atomic E-state index is 13.2. The summed E-state index contributed by atoms with van der Waals surface area (Å²) in [6.07, 6.45) is -0.0538. The molecule has 2 N–H and O–H groups in total. The van der Waals surface area contributed by atoms with E-state index in [4.69, 9.17) is 15.3 Å². The average Bonchev–Trinajstić information content (AvgIpc) is 3.09. The molecule has 7 nitrogen and oxygen atoms in total. The first kappa shape index (κ1) is 18.4. The van der Waals surface area contributed by atoms with Crippen molar-refractivity contribution < 1.29 is 39.6 Å². The molecule has 0 radical (unpaired) electrons. The Balaban J connectivity index is 1.50. The highest BCUT2D eigenvalue weighted by Gasteiger charge is 2.66. The number of ketones is 2. The van der Waals surface area contributed by atoms with Crippen molar-refractivity contribution in [2.24, 2.45) is 28.6 Å². The SMILES string of the molecule is [2H]C([2H])(C(=O)O)C([2H])([2H])C(=O)OCC(=O)[C@@]1(O)CC[C@H]2[C@@H]3CCC4=CC(=O)CC[C@]4(C)[C@H]3CC[C@@]21C. The Morgan fingerprint density at radius 1 is 1.09 bits per heavy atom. The van der Waals surface area contributed by atoms with Crippen LogP contribution in [0.5, 0.6) is 0 Å². The molecule has 0 heterocycles. The Morgan fingerprint density at radius 3 is 2.53 bits per heavy atom. The molecular weight excluding hydrogens is 412 g/mol. The molecule has 4 aliphatic rings. The zero-order valence-corrected chi connectivity index (χ0v) is 18.6. The predicted molar refractivity (Wildman–Crippen MR) is 114 cm³/mol. The summed E-state index contributed by atoms with van der Waals surface area (Å²) >= 11 is 0. The third-order valence-electron chi connectivity index (χ3n) is 9.18. The first-order valence-corrected chi connectivity index (χ1v) is 11.4. The molecule has 3 saturated carbocycles. The Morgan fingerprint density at radius 2 is 1.81 bits per heavy atom. The van der Waals surface area contributed by atoms with Crippen LogP contribution in [0.2, 0.25) is 0 Å². The number of hydrogen-bond acceptors (Lipinski definition) is 6. The van der Waals surface area contributed by atoms with Crippen molar-refractivity contribution in [3.05, 3.63) is 11.6 Å². The largest absolute Gasteiger partial charge is 0.481 e. The van der Waals surface area contributed by atoms with Crippen LogP contribution in [0.15, 0.2) is 11.6 Å². The van der Waals surface area contributed by atoms with Crippen molar-refractivity contribution in [1.82, 2.24) is 0 Å². The Kier molecular flexibility index (Phi) is 4.65. The summed E-state index contributed by atoms with van der Waals surface area (Å²) in [6.45, 7) is 3.16. The van der Waals surface area contributed by atoms with Gasteiger partial charge in [0.05, 0.1) is 12.7 Å². The first-order valence-electron chi connectivity index (χ1n) is 13.4. The molecule has 6 atom stereocenters. The van der Waals surface area contributed by atoms with E-state index >= 15 is 0 Å². The summed E-state index contributed by atoms with van der Waals surface area (Å²) in [6, 6.07) is 0. The van der Waals surface area contributed by atoms with Gasteiger partial charge in [0.2, 0.25) is 5.78 Å². The number of rotatable bonds is 6. The summed E-state index contributed by atoms with van der Waals surface area (Å²) in [4.78, 5) is 48.5. The minimum Gasteiger partial charge on any atom is -0.481 e. The molecule has 3 fully saturated rings. The second-order valence-corrected chi connectivity index (χ2v) is 10.4. The lowest BCUT2D eigenvalue weighted by molar-refractivity contribution is -0.170. The van der Waals surface area contributed by atoms with Gasteiger partial charge in [-0.05, 0) is 74.2 Å². The maximum Gasteiger partial charge on any atom is 0.306 e. The topological polar surface area (TPSA) is 118 Å². The van der Waals surface area contributed by atoms with Crippen molar-refractivity contribution in [2.45, 2.75) is 83.6 Å². The van der Waals surface area contributed by atoms with Crippen LogP contribution >= 0.6 is 0 Å². The zero-order chi connectivity index (χ0) is 26.9. The van der Waals surface area contributed by atoms with Crippen LogP contribution in [-0.4, -0.2) is 45.9 Å². The van der Waals surface area contributed by atoms with Crippen LogP contribution in [0.25, 0.3) is 0 Å². The van der Waals surface area contributed by atoms with Crippen molar-refractivity contribution >= 4 is 23.5 Å². The van der Waals surface area contributed by atoms with Gasteiger partial charge in [-0.3, -0.25) is 19.2 Å². The van der Waals surface area contributed by atoms with Gasteiger partial charge in [0, 0.05) is 17.3 Å². The summed E-state index contributed by atoms with van der Waals surface area (Å²) < 4.78 is 34.7. The van der Waals surface area contributed by atoms with Gasteiger partial charge in [-0.2, -0.15) is 0 Å². The van der Waals surface area contributed by atoms with Crippen LogP contribution in [0.1, 0.15) is 83.4 Å². The highest BCUT2D eigenvalue weighted by Crippen LogP contribution is 2.67. The third kappa shape index (κ3) is 3.53. The summed E-state index contributed by atoms with van der Waals surface area (Å²) in [5.74, 6) is -3.88. The molecule has 0 aromatic heterocycles. The monoisotopic (exact) mass is 450 g/mol. The molecule has 0 spiro atoms. The molecule has 4 aliphatic carbocycles. The molecule has 7 heteroatoms. The standard InChI is InChI=1S/C25H34O7/c1-23-10-7-16(26)13-15(23)3-4-17-18(23)8-11-24(2)19(17)9-12-25(24,31)20(27)14-32-22(30)6-5-21(28)29/h13,17-19,31H,3-12,14H2,1-2H3,(H,28,29)/t17-,18+,19+,23+,24+,25+/m1/s1/i5D2,6D2. The van der Waals surface area contributed by atoms with Crippen molar-refractivity contribution in [3.8, 4) is 0 Å². The van der Waals surface area contributed by atoms with Gasteiger partial charge in [0.15, 0.2) is 12.4 Å². The molecule has 0 aliphatic heterocycles. The van der Waals surface area contributed by atoms with Crippen LogP contribution in [0, 0.1) is 28.6 Å². The number of carboxylic acids is 1. The van der Waals surface area contributed by atoms with Gasteiger partial charge < -0.3 is 14.9 Å². The molecule has 0 aromatic rings. The average molecular weight is 451 g/mol. The van der Waals surface area contributed by atoms with Gasteiger partial charge in [-0.25, -0.2) is 0 Å². The van der Waals surface area contributed by atoms with E-state index in [1.54, 1.807) is 0 Å². The van der Waals surface area contributed by atoms with Gasteiger partial charge in [-0.1, -0.05) is 19.4 Å². The second-order valence-electron chi connectivity index (χ2n) is 10.4. The number of ether oxygens (including phenoxy) is 1. The minimum atomic E-state index is -3.55. The number of aliphatic carboxylic acids is 1. The van der Waals surface area contributed by atoms with E-state index in [0.717, 1.165) is 25.7 Å². The Bertz CT molecular complexity index is 1040. The third-order valence-corrected chi connectivity index (χ3v) is 9.18. The number of carboxylic acid groups (broad SMARTS) is 1. The summed E-state index contributed by atoms with van der Waals surface area (Å²) in [5.41, 5.74) is -1.40. The van der Waals surface area contributed by atoms with Gasteiger partial charge in [0.25, 0.3) is 0 Å². The zero-order valence-electron chi connectivity index (χ0n) is 22.6. The lowest BCUT2D eigenvalue weighted by atomic mass is 9.46. The molecule has 0 amide bonds. The molecule has 32 heavy (non-hydrogen) atoms.